The summed E-state index contributed by atoms with van der Waals surface area (Å²) in [6, 6.07) is 16.7. The van der Waals surface area contributed by atoms with Crippen LogP contribution in [0.5, 0.6) is 5.75 Å². The lowest BCUT2D eigenvalue weighted by atomic mass is 9.95. The van der Waals surface area contributed by atoms with Crippen molar-refractivity contribution in [2.45, 2.75) is 64.7 Å². The molecule has 2 saturated heterocycles. The molecular formula is C35H47N5O4. The van der Waals surface area contributed by atoms with Crippen LogP contribution >= 0.6 is 0 Å². The summed E-state index contributed by atoms with van der Waals surface area (Å²) < 4.78 is 5.21. The summed E-state index contributed by atoms with van der Waals surface area (Å²) in [4.78, 5) is 44.0. The van der Waals surface area contributed by atoms with Crippen molar-refractivity contribution in [3.05, 3.63) is 90.0 Å². The number of piperazine rings is 1. The van der Waals surface area contributed by atoms with E-state index in [4.69, 9.17) is 4.74 Å². The predicted octanol–water partition coefficient (Wildman–Crippen LogP) is 5.18. The van der Waals surface area contributed by atoms with Gasteiger partial charge in [-0.25, -0.2) is 14.8 Å². The standard InChI is InChI=1S/C29H39N5O4.C6H8/c1-20(2)15-25-28(36)32(17-21(3)23-9-7-6-8-10-23)18-26-33(25)27(35)19-31(4)34(26)29(37)30-16-22-11-13-24(38-5)14-12-22;1-2-4-6-5-3-1/h6-14,20-21,25-26H,15-19H2,1-5H3,(H,30,37);1-4H,5-6H2/t21?,25-,26-;/m0./s1. The maximum absolute atomic E-state index is 13.7. The molecule has 44 heavy (non-hydrogen) atoms. The van der Waals surface area contributed by atoms with Crippen molar-refractivity contribution in [2.75, 3.05) is 33.8 Å². The molecule has 9 nitrogen and oxygen atoms in total. The molecule has 0 aromatic heterocycles. The fourth-order valence-electron chi connectivity index (χ4n) is 5.91. The Kier molecular flexibility index (Phi) is 11.6. The van der Waals surface area contributed by atoms with E-state index in [1.807, 2.05) is 61.2 Å². The van der Waals surface area contributed by atoms with E-state index in [1.54, 1.807) is 29.1 Å². The quantitative estimate of drug-likeness (QED) is 0.451. The molecule has 1 aliphatic carbocycles. The molecule has 236 valence electrons. The molecule has 3 atom stereocenters. The fourth-order valence-corrected chi connectivity index (χ4v) is 5.91. The highest BCUT2D eigenvalue weighted by molar-refractivity contribution is 5.91. The minimum Gasteiger partial charge on any atom is -0.497 e. The van der Waals surface area contributed by atoms with Crippen molar-refractivity contribution in [1.82, 2.24) is 25.1 Å². The lowest BCUT2D eigenvalue weighted by molar-refractivity contribution is -0.188. The molecule has 3 aliphatic rings. The summed E-state index contributed by atoms with van der Waals surface area (Å²) >= 11 is 0. The van der Waals surface area contributed by atoms with Crippen LogP contribution in [-0.2, 0) is 16.1 Å². The molecule has 0 spiro atoms. The number of hydrazine groups is 1. The molecule has 0 radical (unpaired) electrons. The second kappa shape index (κ2) is 15.6. The van der Waals surface area contributed by atoms with Gasteiger partial charge in [-0.2, -0.15) is 0 Å². The number of benzene rings is 2. The smallest absolute Gasteiger partial charge is 0.334 e. The number of allylic oxidation sites excluding steroid dienone is 4. The lowest BCUT2D eigenvalue weighted by Crippen LogP contribution is -2.76. The van der Waals surface area contributed by atoms with Gasteiger partial charge in [-0.3, -0.25) is 9.59 Å². The van der Waals surface area contributed by atoms with E-state index in [9.17, 15) is 14.4 Å². The lowest BCUT2D eigenvalue weighted by Gasteiger charge is -2.55. The number of methoxy groups -OCH3 is 1. The molecule has 2 aromatic carbocycles. The molecule has 2 aliphatic heterocycles. The van der Waals surface area contributed by atoms with Gasteiger partial charge in [0, 0.05) is 20.1 Å². The first-order chi connectivity index (χ1) is 21.2. The highest BCUT2D eigenvalue weighted by atomic mass is 16.5. The van der Waals surface area contributed by atoms with E-state index in [0.717, 1.165) is 16.9 Å². The second-order valence-electron chi connectivity index (χ2n) is 12.1. The number of nitrogens with one attached hydrogen (secondary N) is 1. The maximum atomic E-state index is 13.7. The van der Waals surface area contributed by atoms with Gasteiger partial charge in [-0.15, -0.1) is 0 Å². The van der Waals surface area contributed by atoms with E-state index in [0.29, 0.717) is 19.5 Å². The Bertz CT molecular complexity index is 1300. The molecule has 2 fully saturated rings. The van der Waals surface area contributed by atoms with Gasteiger partial charge in [0.2, 0.25) is 11.8 Å². The van der Waals surface area contributed by atoms with E-state index < -0.39 is 12.2 Å². The number of nitrogens with zero attached hydrogens (tertiary/aromatic N) is 4. The number of rotatable bonds is 8. The van der Waals surface area contributed by atoms with Crippen LogP contribution in [0, 0.1) is 5.92 Å². The van der Waals surface area contributed by atoms with Crippen LogP contribution in [0.1, 0.15) is 57.1 Å². The first-order valence-electron chi connectivity index (χ1n) is 15.6. The molecule has 2 heterocycles. The van der Waals surface area contributed by atoms with E-state index >= 15 is 0 Å². The number of hydrogen-bond acceptors (Lipinski definition) is 5. The number of carbonyl (C=O) groups is 3. The molecule has 4 amide bonds. The Balaban J connectivity index is 0.000000657. The van der Waals surface area contributed by atoms with Crippen molar-refractivity contribution in [3.8, 4) is 5.75 Å². The van der Waals surface area contributed by atoms with Crippen LogP contribution in [0.2, 0.25) is 0 Å². The minimum atomic E-state index is -0.602. The summed E-state index contributed by atoms with van der Waals surface area (Å²) in [6.45, 7) is 7.34. The normalized spacial score (nSPS) is 20.6. The molecule has 5 rings (SSSR count). The number of hydrogen-bond donors (Lipinski definition) is 1. The number of likely N-dealkylation sites (N-methyl/N-ethyl adjacent to an activating group) is 1. The average molecular weight is 602 g/mol. The first-order valence-corrected chi connectivity index (χ1v) is 15.6. The number of carbonyl (C=O) groups excluding carboxylic acids is 3. The molecule has 9 heteroatoms. The summed E-state index contributed by atoms with van der Waals surface area (Å²) in [5.41, 5.74) is 2.08. The third kappa shape index (κ3) is 8.29. The van der Waals surface area contributed by atoms with Crippen LogP contribution in [0.4, 0.5) is 4.79 Å². The molecule has 1 unspecified atom stereocenters. The summed E-state index contributed by atoms with van der Waals surface area (Å²) in [6.07, 6.45) is 11.0. The van der Waals surface area contributed by atoms with Crippen molar-refractivity contribution in [3.63, 3.8) is 0 Å². The first kappa shape index (κ1) is 32.8. The number of fused-ring (bicyclic) bond motifs is 1. The van der Waals surface area contributed by atoms with Crippen molar-refractivity contribution < 1.29 is 19.1 Å². The Hall–Kier alpha value is -4.11. The van der Waals surface area contributed by atoms with Crippen LogP contribution in [0.15, 0.2) is 78.9 Å². The van der Waals surface area contributed by atoms with Gasteiger partial charge in [0.15, 0.2) is 0 Å². The molecule has 1 N–H and O–H groups in total. The van der Waals surface area contributed by atoms with Crippen molar-refractivity contribution in [2.24, 2.45) is 5.92 Å². The third-order valence-corrected chi connectivity index (χ3v) is 8.19. The van der Waals surface area contributed by atoms with Crippen molar-refractivity contribution >= 4 is 17.8 Å². The summed E-state index contributed by atoms with van der Waals surface area (Å²) in [5, 5.41) is 6.26. The zero-order valence-corrected chi connectivity index (χ0v) is 26.7. The second-order valence-corrected chi connectivity index (χ2v) is 12.1. The molecule has 2 aromatic rings. The van der Waals surface area contributed by atoms with Crippen LogP contribution in [0.3, 0.4) is 0 Å². The highest BCUT2D eigenvalue weighted by Crippen LogP contribution is 2.30. The summed E-state index contributed by atoms with van der Waals surface area (Å²) in [7, 11) is 3.36. The Morgan fingerprint density at radius 1 is 0.977 bits per heavy atom. The van der Waals surface area contributed by atoms with Gasteiger partial charge >= 0.3 is 6.03 Å². The Labute approximate surface area is 262 Å². The van der Waals surface area contributed by atoms with Gasteiger partial charge in [0.25, 0.3) is 0 Å². The Morgan fingerprint density at radius 3 is 2.20 bits per heavy atom. The van der Waals surface area contributed by atoms with E-state index in [-0.39, 0.29) is 42.8 Å². The molecule has 0 bridgehead atoms. The van der Waals surface area contributed by atoms with Crippen LogP contribution < -0.4 is 10.1 Å². The summed E-state index contributed by atoms with van der Waals surface area (Å²) in [5.74, 6) is 0.889. The van der Waals surface area contributed by atoms with Gasteiger partial charge in [-0.1, -0.05) is 87.5 Å². The largest absolute Gasteiger partial charge is 0.497 e. The minimum absolute atomic E-state index is 0.0365. The molecule has 0 saturated carbocycles. The number of urea groups is 1. The van der Waals surface area contributed by atoms with E-state index in [1.165, 1.54) is 12.8 Å². The zero-order valence-electron chi connectivity index (χ0n) is 26.7. The van der Waals surface area contributed by atoms with Gasteiger partial charge < -0.3 is 19.9 Å². The number of amides is 4. The molecular weight excluding hydrogens is 554 g/mol. The Morgan fingerprint density at radius 2 is 1.64 bits per heavy atom. The fraction of sp³-hybridized carbons (Fsp3) is 0.457. The topological polar surface area (TPSA) is 85.4 Å². The average Bonchev–Trinajstić information content (AvgIpc) is 3.03. The predicted molar refractivity (Wildman–Crippen MR) is 173 cm³/mol. The number of ether oxygens (including phenoxy) is 1. The monoisotopic (exact) mass is 601 g/mol. The highest BCUT2D eigenvalue weighted by Gasteiger charge is 2.50. The van der Waals surface area contributed by atoms with Gasteiger partial charge in [-0.05, 0) is 54.4 Å². The maximum Gasteiger partial charge on any atom is 0.334 e. The SMILES string of the molecule is C1=CCCC=C1.COc1ccc(CNC(=O)N2[C@H]3CN(CC(C)c4ccccc4)C(=O)[C@H](CC(C)C)N3C(=O)CN2C)cc1. The van der Waals surface area contributed by atoms with Gasteiger partial charge in [0.1, 0.15) is 18.0 Å². The van der Waals surface area contributed by atoms with Crippen LogP contribution in [-0.4, -0.2) is 83.7 Å². The zero-order chi connectivity index (χ0) is 31.6. The van der Waals surface area contributed by atoms with Crippen molar-refractivity contribution in [1.29, 1.82) is 0 Å². The third-order valence-electron chi connectivity index (χ3n) is 8.19. The van der Waals surface area contributed by atoms with Gasteiger partial charge in [0.05, 0.1) is 20.2 Å². The van der Waals surface area contributed by atoms with Crippen LogP contribution in [0.25, 0.3) is 0 Å². The van der Waals surface area contributed by atoms with E-state index in [2.05, 4.69) is 48.7 Å².